The quantitative estimate of drug-likeness (QED) is 0.477. The molecule has 0 fully saturated rings. The number of carbonyl (C=O) groups is 1. The van der Waals surface area contributed by atoms with Crippen molar-refractivity contribution in [3.63, 3.8) is 0 Å². The fourth-order valence-corrected chi connectivity index (χ4v) is 0.923. The molecule has 2 rings (SSSR count). The lowest BCUT2D eigenvalue weighted by Crippen LogP contribution is -2.21. The zero-order valence-corrected chi connectivity index (χ0v) is 5.16. The van der Waals surface area contributed by atoms with Crippen molar-refractivity contribution in [1.82, 2.24) is 5.32 Å². The number of fused-ring (bicyclic) bond motifs is 1. The first-order valence-corrected chi connectivity index (χ1v) is 2.93. The van der Waals surface area contributed by atoms with Gasteiger partial charge in [-0.1, -0.05) is 0 Å². The number of carbonyl (C=O) groups excluding carboxylic acids is 1. The third-order valence-electron chi connectivity index (χ3n) is 1.39. The maximum atomic E-state index is 10.9. The van der Waals surface area contributed by atoms with Gasteiger partial charge in [-0.3, -0.25) is 14.8 Å². The Kier molecular flexibility index (Phi) is 0.943. The molecule has 0 spiro atoms. The van der Waals surface area contributed by atoms with Gasteiger partial charge in [-0.25, -0.2) is 0 Å². The second kappa shape index (κ2) is 1.76. The highest BCUT2D eigenvalue weighted by Gasteiger charge is 2.21. The molecule has 2 heterocycles. The van der Waals surface area contributed by atoms with Gasteiger partial charge in [0.15, 0.2) is 0 Å². The van der Waals surface area contributed by atoms with Crippen molar-refractivity contribution in [2.75, 3.05) is 6.67 Å². The number of rotatable bonds is 0. The van der Waals surface area contributed by atoms with Gasteiger partial charge in [0.25, 0.3) is 5.91 Å². The highest BCUT2D eigenvalue weighted by Crippen LogP contribution is 2.05. The van der Waals surface area contributed by atoms with Crippen molar-refractivity contribution < 1.29 is 4.79 Å². The lowest BCUT2D eigenvalue weighted by atomic mass is 10.2. The molecule has 2 aliphatic rings. The summed E-state index contributed by atoms with van der Waals surface area (Å²) in [7, 11) is 0. The van der Waals surface area contributed by atoms with Gasteiger partial charge in [-0.2, -0.15) is 0 Å². The zero-order valence-electron chi connectivity index (χ0n) is 5.16. The van der Waals surface area contributed by atoms with Crippen LogP contribution < -0.4 is 5.32 Å². The van der Waals surface area contributed by atoms with E-state index in [0.29, 0.717) is 12.4 Å². The number of nitrogens with one attached hydrogen (secondary N) is 1. The summed E-state index contributed by atoms with van der Waals surface area (Å²) >= 11 is 0. The van der Waals surface area contributed by atoms with E-state index in [1.54, 1.807) is 12.4 Å². The van der Waals surface area contributed by atoms with Gasteiger partial charge < -0.3 is 5.32 Å². The van der Waals surface area contributed by atoms with Crippen LogP contribution in [0.5, 0.6) is 0 Å². The molecule has 2 aliphatic heterocycles. The van der Waals surface area contributed by atoms with Crippen molar-refractivity contribution in [2.45, 2.75) is 0 Å². The fourth-order valence-electron chi connectivity index (χ4n) is 0.923. The van der Waals surface area contributed by atoms with Crippen LogP contribution in [0.25, 0.3) is 0 Å². The van der Waals surface area contributed by atoms with Gasteiger partial charge in [0, 0.05) is 18.0 Å². The summed E-state index contributed by atoms with van der Waals surface area (Å²) in [6.07, 6.45) is 3.27. The minimum Gasteiger partial charge on any atom is -0.327 e. The van der Waals surface area contributed by atoms with E-state index in [4.69, 9.17) is 0 Å². The van der Waals surface area contributed by atoms with Gasteiger partial charge in [0.2, 0.25) is 0 Å². The number of hydrogen-bond acceptors (Lipinski definition) is 3. The first kappa shape index (κ1) is 5.34. The second-order valence-electron chi connectivity index (χ2n) is 2.03. The van der Waals surface area contributed by atoms with E-state index in [1.165, 1.54) is 0 Å². The molecule has 0 radical (unpaired) electrons. The van der Waals surface area contributed by atoms with Crippen LogP contribution in [0.15, 0.2) is 21.8 Å². The third-order valence-corrected chi connectivity index (χ3v) is 1.39. The van der Waals surface area contributed by atoms with E-state index in [9.17, 15) is 4.79 Å². The molecule has 0 aromatic carbocycles. The summed E-state index contributed by atoms with van der Waals surface area (Å²) in [4.78, 5) is 18.6. The van der Waals surface area contributed by atoms with E-state index >= 15 is 0 Å². The number of hydrogen-bond donors (Lipinski definition) is 1. The Morgan fingerprint density at radius 3 is 3.30 bits per heavy atom. The van der Waals surface area contributed by atoms with E-state index < -0.39 is 0 Å². The molecule has 0 aromatic rings. The van der Waals surface area contributed by atoms with Crippen LogP contribution >= 0.6 is 0 Å². The number of nitrogens with zero attached hydrogens (tertiary/aromatic N) is 2. The smallest absolute Gasteiger partial charge is 0.274 e. The van der Waals surface area contributed by atoms with Gasteiger partial charge in [-0.15, -0.1) is 0 Å². The van der Waals surface area contributed by atoms with E-state index in [-0.39, 0.29) is 5.91 Å². The van der Waals surface area contributed by atoms with Crippen LogP contribution in [0.1, 0.15) is 0 Å². The summed E-state index contributed by atoms with van der Waals surface area (Å²) in [6.45, 7) is 0.375. The highest BCUT2D eigenvalue weighted by atomic mass is 16.2. The van der Waals surface area contributed by atoms with E-state index in [1.807, 2.05) is 0 Å². The Labute approximate surface area is 57.4 Å². The van der Waals surface area contributed by atoms with Crippen LogP contribution in [-0.2, 0) is 4.79 Å². The molecule has 1 N–H and O–H groups in total. The summed E-state index contributed by atoms with van der Waals surface area (Å²) < 4.78 is 0. The summed E-state index contributed by atoms with van der Waals surface area (Å²) in [6, 6.07) is 0. The normalized spacial score (nSPS) is 21.4. The van der Waals surface area contributed by atoms with Crippen LogP contribution in [0, 0.1) is 0 Å². The Morgan fingerprint density at radius 2 is 2.50 bits per heavy atom. The monoisotopic (exact) mass is 135 g/mol. The van der Waals surface area contributed by atoms with Gasteiger partial charge in [-0.05, 0) is 0 Å². The van der Waals surface area contributed by atoms with Gasteiger partial charge in [0.1, 0.15) is 12.4 Å². The average molecular weight is 135 g/mol. The number of aliphatic imine (C=N–C) groups is 2. The molecule has 0 bridgehead atoms. The first-order chi connectivity index (χ1) is 4.88. The SMILES string of the molecule is O=C1NC=C2C=NCN=C12. The molecule has 0 unspecified atom stereocenters. The molecule has 0 aliphatic carbocycles. The molecular formula is C6H5N3O. The lowest BCUT2D eigenvalue weighted by molar-refractivity contribution is -0.113. The zero-order chi connectivity index (χ0) is 6.97. The standard InChI is InChI=1S/C6H5N3O/c10-6-5-4(2-8-6)1-7-3-9-5/h1-2H,3H2,(H,8,10). The van der Waals surface area contributed by atoms with Gasteiger partial charge >= 0.3 is 0 Å². The third kappa shape index (κ3) is 0.586. The first-order valence-electron chi connectivity index (χ1n) is 2.93. The van der Waals surface area contributed by atoms with Crippen molar-refractivity contribution in [1.29, 1.82) is 0 Å². The van der Waals surface area contributed by atoms with Gasteiger partial charge in [0.05, 0.1) is 0 Å². The van der Waals surface area contributed by atoms with Crippen molar-refractivity contribution in [3.05, 3.63) is 11.8 Å². The molecule has 50 valence electrons. The van der Waals surface area contributed by atoms with Crippen LogP contribution in [0.4, 0.5) is 0 Å². The molecule has 0 saturated carbocycles. The molecule has 4 heteroatoms. The predicted octanol–water partition coefficient (Wildman–Crippen LogP) is -0.517. The second-order valence-corrected chi connectivity index (χ2v) is 2.03. The number of amides is 1. The highest BCUT2D eigenvalue weighted by molar-refractivity contribution is 6.52. The Bertz CT molecular complexity index is 275. The summed E-state index contributed by atoms with van der Waals surface area (Å²) in [5.74, 6) is -0.124. The maximum absolute atomic E-state index is 10.9. The molecule has 0 saturated heterocycles. The molecule has 4 nitrogen and oxygen atoms in total. The van der Waals surface area contributed by atoms with Crippen LogP contribution in [0.2, 0.25) is 0 Å². The molecular weight excluding hydrogens is 130 g/mol. The lowest BCUT2D eigenvalue weighted by Gasteiger charge is -1.99. The Hall–Kier alpha value is -1.45. The topological polar surface area (TPSA) is 53.8 Å². The minimum atomic E-state index is -0.124. The van der Waals surface area contributed by atoms with Crippen molar-refractivity contribution in [3.8, 4) is 0 Å². The Balaban J connectivity index is 2.44. The van der Waals surface area contributed by atoms with E-state index in [2.05, 4.69) is 15.3 Å². The average Bonchev–Trinajstić information content (AvgIpc) is 2.34. The minimum absolute atomic E-state index is 0.124. The maximum Gasteiger partial charge on any atom is 0.274 e. The predicted molar refractivity (Wildman–Crippen MR) is 37.0 cm³/mol. The van der Waals surface area contributed by atoms with Crippen molar-refractivity contribution >= 4 is 17.8 Å². The van der Waals surface area contributed by atoms with Crippen LogP contribution in [-0.4, -0.2) is 24.5 Å². The largest absolute Gasteiger partial charge is 0.327 e. The molecule has 0 atom stereocenters. The Morgan fingerprint density at radius 1 is 1.60 bits per heavy atom. The summed E-state index contributed by atoms with van der Waals surface area (Å²) in [5, 5.41) is 2.54. The van der Waals surface area contributed by atoms with Crippen molar-refractivity contribution in [2.24, 2.45) is 9.98 Å². The fraction of sp³-hybridized carbons (Fsp3) is 0.167. The molecule has 10 heavy (non-hydrogen) atoms. The molecule has 0 aromatic heterocycles. The van der Waals surface area contributed by atoms with E-state index in [0.717, 1.165) is 5.57 Å². The molecule has 1 amide bonds. The summed E-state index contributed by atoms with van der Waals surface area (Å²) in [5.41, 5.74) is 1.30. The van der Waals surface area contributed by atoms with Crippen LogP contribution in [0.3, 0.4) is 0 Å².